The molecule has 3 aromatic rings. The van der Waals surface area contributed by atoms with E-state index in [4.69, 9.17) is 10.5 Å². The lowest BCUT2D eigenvalue weighted by atomic mass is 10.2. The number of nitrogens with two attached hydrogens (primary N) is 1. The second kappa shape index (κ2) is 7.61. The van der Waals surface area contributed by atoms with Gasteiger partial charge in [-0.05, 0) is 50.8 Å². The molecule has 0 radical (unpaired) electrons. The third-order valence-electron chi connectivity index (χ3n) is 4.52. The van der Waals surface area contributed by atoms with Crippen molar-refractivity contribution in [3.63, 3.8) is 0 Å². The summed E-state index contributed by atoms with van der Waals surface area (Å²) in [6, 6.07) is 4.06. The quantitative estimate of drug-likeness (QED) is 0.670. The molecule has 0 amide bonds. The molecule has 0 aliphatic heterocycles. The lowest BCUT2D eigenvalue weighted by Crippen LogP contribution is -2.10. The number of rotatable bonds is 7. The summed E-state index contributed by atoms with van der Waals surface area (Å²) in [5, 5.41) is 0. The number of fused-ring (bicyclic) bond motifs is 1. The first-order valence-electron chi connectivity index (χ1n) is 8.64. The van der Waals surface area contributed by atoms with Crippen molar-refractivity contribution < 1.29 is 4.74 Å². The molecular formula is C19H25N5O. The molecule has 0 fully saturated rings. The van der Waals surface area contributed by atoms with Crippen LogP contribution in [-0.4, -0.2) is 32.7 Å². The van der Waals surface area contributed by atoms with Gasteiger partial charge in [-0.3, -0.25) is 4.98 Å². The van der Waals surface area contributed by atoms with Gasteiger partial charge in [0.2, 0.25) is 0 Å². The summed E-state index contributed by atoms with van der Waals surface area (Å²) in [5.41, 5.74) is 11.2. The lowest BCUT2D eigenvalue weighted by Gasteiger charge is -2.11. The average molecular weight is 339 g/mol. The molecule has 0 aliphatic carbocycles. The van der Waals surface area contributed by atoms with Crippen molar-refractivity contribution in [1.29, 1.82) is 0 Å². The molecule has 3 aromatic heterocycles. The predicted molar refractivity (Wildman–Crippen MR) is 99.5 cm³/mol. The molecule has 6 heteroatoms. The van der Waals surface area contributed by atoms with Gasteiger partial charge in [0.05, 0.1) is 12.1 Å². The smallest absolute Gasteiger partial charge is 0.151 e. The topological polar surface area (TPSA) is 78.8 Å². The average Bonchev–Trinajstić information content (AvgIpc) is 2.94. The molecule has 0 atom stereocenters. The summed E-state index contributed by atoms with van der Waals surface area (Å²) in [4.78, 5) is 13.1. The zero-order valence-corrected chi connectivity index (χ0v) is 15.1. The molecule has 3 heterocycles. The fourth-order valence-corrected chi connectivity index (χ4v) is 3.07. The van der Waals surface area contributed by atoms with Crippen LogP contribution < -0.4 is 5.73 Å². The van der Waals surface area contributed by atoms with Gasteiger partial charge < -0.3 is 15.0 Å². The molecule has 0 spiro atoms. The summed E-state index contributed by atoms with van der Waals surface area (Å²) < 4.78 is 7.99. The Labute approximate surface area is 148 Å². The van der Waals surface area contributed by atoms with Crippen LogP contribution in [0.2, 0.25) is 0 Å². The zero-order valence-electron chi connectivity index (χ0n) is 15.1. The Hall–Kier alpha value is -2.47. The van der Waals surface area contributed by atoms with Crippen molar-refractivity contribution >= 4 is 16.9 Å². The van der Waals surface area contributed by atoms with E-state index >= 15 is 0 Å². The lowest BCUT2D eigenvalue weighted by molar-refractivity contribution is 0.124. The molecule has 0 saturated heterocycles. The van der Waals surface area contributed by atoms with E-state index in [9.17, 15) is 0 Å². The van der Waals surface area contributed by atoms with Gasteiger partial charge in [-0.25, -0.2) is 9.97 Å². The molecule has 0 bridgehead atoms. The van der Waals surface area contributed by atoms with Crippen LogP contribution in [0.25, 0.3) is 11.0 Å². The Bertz CT molecular complexity index is 857. The maximum absolute atomic E-state index is 6.03. The molecule has 6 nitrogen and oxygen atoms in total. The largest absolute Gasteiger partial charge is 0.382 e. The molecule has 3 rings (SSSR count). The maximum atomic E-state index is 6.03. The van der Waals surface area contributed by atoms with Crippen molar-refractivity contribution in [2.75, 3.05) is 18.9 Å². The van der Waals surface area contributed by atoms with Crippen LogP contribution in [0, 0.1) is 20.8 Å². The van der Waals surface area contributed by atoms with Gasteiger partial charge >= 0.3 is 0 Å². The van der Waals surface area contributed by atoms with E-state index in [1.165, 1.54) is 5.56 Å². The van der Waals surface area contributed by atoms with Gasteiger partial charge in [0.15, 0.2) is 5.82 Å². The fraction of sp³-hybridized carbons (Fsp3) is 0.421. The van der Waals surface area contributed by atoms with Gasteiger partial charge in [0.25, 0.3) is 0 Å². The SMILES string of the molecule is Cc1nc(N)c2nc(C)n(CCOCCCc3cccnc3)c2c1C. The van der Waals surface area contributed by atoms with Gasteiger partial charge in [0.1, 0.15) is 11.3 Å². The molecule has 25 heavy (non-hydrogen) atoms. The van der Waals surface area contributed by atoms with E-state index in [-0.39, 0.29) is 0 Å². The standard InChI is InChI=1S/C19H25N5O/c1-13-14(2)22-19(20)17-18(13)24(15(3)23-17)9-11-25-10-5-7-16-6-4-8-21-12-16/h4,6,8,12H,5,7,9-11H2,1-3H3,(H2,20,22). The molecule has 2 N–H and O–H groups in total. The number of imidazole rings is 1. The first-order chi connectivity index (χ1) is 12.1. The summed E-state index contributed by atoms with van der Waals surface area (Å²) >= 11 is 0. The van der Waals surface area contributed by atoms with Crippen LogP contribution in [0.5, 0.6) is 0 Å². The van der Waals surface area contributed by atoms with Gasteiger partial charge in [0, 0.05) is 31.2 Å². The number of nitrogens with zero attached hydrogens (tertiary/aromatic N) is 4. The van der Waals surface area contributed by atoms with E-state index in [1.54, 1.807) is 6.20 Å². The second-order valence-electron chi connectivity index (χ2n) is 6.29. The Balaban J connectivity index is 1.57. The Morgan fingerprint density at radius 3 is 2.76 bits per heavy atom. The van der Waals surface area contributed by atoms with Crippen LogP contribution in [0.1, 0.15) is 29.1 Å². The summed E-state index contributed by atoms with van der Waals surface area (Å²) in [5.74, 6) is 1.44. The number of nitrogen functional groups attached to an aromatic ring is 1. The highest BCUT2D eigenvalue weighted by Crippen LogP contribution is 2.25. The van der Waals surface area contributed by atoms with E-state index in [0.717, 1.165) is 54.1 Å². The Morgan fingerprint density at radius 1 is 1.16 bits per heavy atom. The van der Waals surface area contributed by atoms with Crippen molar-refractivity contribution in [1.82, 2.24) is 19.5 Å². The fourth-order valence-electron chi connectivity index (χ4n) is 3.07. The molecule has 0 saturated carbocycles. The second-order valence-corrected chi connectivity index (χ2v) is 6.29. The number of pyridine rings is 2. The number of aryl methyl sites for hydroxylation is 4. The van der Waals surface area contributed by atoms with Crippen molar-refractivity contribution in [3.8, 4) is 0 Å². The highest BCUT2D eigenvalue weighted by atomic mass is 16.5. The Kier molecular flexibility index (Phi) is 5.28. The first kappa shape index (κ1) is 17.4. The van der Waals surface area contributed by atoms with Crippen LogP contribution >= 0.6 is 0 Å². The van der Waals surface area contributed by atoms with Crippen molar-refractivity contribution in [2.45, 2.75) is 40.2 Å². The van der Waals surface area contributed by atoms with Crippen LogP contribution in [0.15, 0.2) is 24.5 Å². The van der Waals surface area contributed by atoms with E-state index in [2.05, 4.69) is 32.5 Å². The minimum absolute atomic E-state index is 0.498. The van der Waals surface area contributed by atoms with E-state index in [1.807, 2.05) is 26.1 Å². The van der Waals surface area contributed by atoms with Gasteiger partial charge in [-0.1, -0.05) is 6.07 Å². The summed E-state index contributed by atoms with van der Waals surface area (Å²) in [6.07, 6.45) is 5.68. The normalized spacial score (nSPS) is 11.3. The maximum Gasteiger partial charge on any atom is 0.151 e. The first-order valence-corrected chi connectivity index (χ1v) is 8.64. The number of ether oxygens (including phenoxy) is 1. The van der Waals surface area contributed by atoms with Crippen LogP contribution in [0.4, 0.5) is 5.82 Å². The monoisotopic (exact) mass is 339 g/mol. The Morgan fingerprint density at radius 2 is 2.00 bits per heavy atom. The van der Waals surface area contributed by atoms with Crippen LogP contribution in [-0.2, 0) is 17.7 Å². The van der Waals surface area contributed by atoms with E-state index < -0.39 is 0 Å². The number of aromatic nitrogens is 4. The zero-order chi connectivity index (χ0) is 17.8. The van der Waals surface area contributed by atoms with Crippen LogP contribution in [0.3, 0.4) is 0 Å². The number of hydrogen-bond donors (Lipinski definition) is 1. The van der Waals surface area contributed by atoms with Gasteiger partial charge in [-0.15, -0.1) is 0 Å². The predicted octanol–water partition coefficient (Wildman–Crippen LogP) is 2.98. The molecule has 132 valence electrons. The summed E-state index contributed by atoms with van der Waals surface area (Å²) in [6.45, 7) is 8.20. The number of anilines is 1. The highest BCUT2D eigenvalue weighted by molar-refractivity contribution is 5.88. The minimum atomic E-state index is 0.498. The van der Waals surface area contributed by atoms with E-state index in [0.29, 0.717) is 12.4 Å². The third kappa shape index (κ3) is 3.79. The number of hydrogen-bond acceptors (Lipinski definition) is 5. The molecular weight excluding hydrogens is 314 g/mol. The third-order valence-corrected chi connectivity index (χ3v) is 4.52. The molecule has 0 aliphatic rings. The highest BCUT2D eigenvalue weighted by Gasteiger charge is 2.15. The summed E-state index contributed by atoms with van der Waals surface area (Å²) in [7, 11) is 0. The molecule has 0 aromatic carbocycles. The van der Waals surface area contributed by atoms with Crippen molar-refractivity contribution in [2.24, 2.45) is 0 Å². The minimum Gasteiger partial charge on any atom is -0.382 e. The van der Waals surface area contributed by atoms with Crippen molar-refractivity contribution in [3.05, 3.63) is 47.2 Å². The van der Waals surface area contributed by atoms with Gasteiger partial charge in [-0.2, -0.15) is 0 Å². The molecule has 0 unspecified atom stereocenters.